The lowest BCUT2D eigenvalue weighted by Gasteiger charge is -2.39. The van der Waals surface area contributed by atoms with Crippen molar-refractivity contribution >= 4 is 34.9 Å². The van der Waals surface area contributed by atoms with E-state index in [1.165, 1.54) is 0 Å². The molecule has 2 unspecified atom stereocenters. The predicted octanol–water partition coefficient (Wildman–Crippen LogP) is 7.03. The van der Waals surface area contributed by atoms with Gasteiger partial charge in [-0.25, -0.2) is 0 Å². The molecule has 39 heavy (non-hydrogen) atoms. The zero-order chi connectivity index (χ0) is 27.6. The molecule has 0 amide bonds. The van der Waals surface area contributed by atoms with Gasteiger partial charge in [0, 0.05) is 39.8 Å². The van der Waals surface area contributed by atoms with Crippen molar-refractivity contribution in [2.24, 2.45) is 0 Å². The van der Waals surface area contributed by atoms with E-state index in [2.05, 4.69) is 16.4 Å². The van der Waals surface area contributed by atoms with Crippen LogP contribution in [-0.4, -0.2) is 41.2 Å². The molecule has 1 aromatic heterocycles. The highest BCUT2D eigenvalue weighted by atomic mass is 35.5. The molecule has 0 saturated carbocycles. The summed E-state index contributed by atoms with van der Waals surface area (Å²) >= 11 is 12.4. The SMILES string of the molecule is CN(C)CCC(O)(C1=C=C=Cc2ccccc21)C(c1ccc(Cl)cc1)c1cc(-c2ccc(Cl)cc2)c[nH]c1=O. The van der Waals surface area contributed by atoms with E-state index < -0.39 is 11.5 Å². The lowest BCUT2D eigenvalue weighted by Crippen LogP contribution is -2.43. The number of benzene rings is 3. The summed E-state index contributed by atoms with van der Waals surface area (Å²) in [7, 11) is 3.93. The second-order valence-corrected chi connectivity index (χ2v) is 10.9. The van der Waals surface area contributed by atoms with Crippen LogP contribution in [-0.2, 0) is 0 Å². The van der Waals surface area contributed by atoms with E-state index in [4.69, 9.17) is 23.2 Å². The minimum absolute atomic E-state index is 0.278. The molecule has 0 saturated heterocycles. The van der Waals surface area contributed by atoms with Crippen LogP contribution in [0.3, 0.4) is 0 Å². The Hall–Kier alpha value is -3.59. The quantitative estimate of drug-likeness (QED) is 0.230. The number of aliphatic hydroxyl groups is 1. The summed E-state index contributed by atoms with van der Waals surface area (Å²) in [4.78, 5) is 18.5. The average molecular weight is 556 g/mol. The number of hydrogen-bond donors (Lipinski definition) is 2. The van der Waals surface area contributed by atoms with Gasteiger partial charge in [0.25, 0.3) is 5.56 Å². The molecule has 0 bridgehead atoms. The first-order chi connectivity index (χ1) is 18.8. The molecule has 0 aliphatic heterocycles. The Morgan fingerprint density at radius 3 is 2.31 bits per heavy atom. The largest absolute Gasteiger partial charge is 0.383 e. The number of rotatable bonds is 8. The Morgan fingerprint density at radius 2 is 1.62 bits per heavy atom. The molecule has 2 N–H and O–H groups in total. The predicted molar refractivity (Wildman–Crippen MR) is 160 cm³/mol. The summed E-state index contributed by atoms with van der Waals surface area (Å²) in [5.41, 5.74) is 9.85. The van der Waals surface area contributed by atoms with Crippen molar-refractivity contribution in [3.63, 3.8) is 0 Å². The molecule has 0 spiro atoms. The number of aromatic amines is 1. The van der Waals surface area contributed by atoms with E-state index >= 15 is 0 Å². The van der Waals surface area contributed by atoms with Crippen molar-refractivity contribution in [3.8, 4) is 11.1 Å². The fraction of sp³-hybridized carbons (Fsp3) is 0.182. The minimum Gasteiger partial charge on any atom is -0.383 e. The van der Waals surface area contributed by atoms with Gasteiger partial charge in [-0.3, -0.25) is 4.79 Å². The second kappa shape index (κ2) is 11.3. The van der Waals surface area contributed by atoms with Gasteiger partial charge in [0.05, 0.1) is 0 Å². The maximum Gasteiger partial charge on any atom is 0.251 e. The van der Waals surface area contributed by atoms with E-state index in [1.54, 1.807) is 18.3 Å². The molecule has 5 rings (SSSR count). The van der Waals surface area contributed by atoms with E-state index in [0.717, 1.165) is 27.8 Å². The highest BCUT2D eigenvalue weighted by molar-refractivity contribution is 6.30. The Balaban J connectivity index is 1.78. The molecule has 2 atom stereocenters. The van der Waals surface area contributed by atoms with Crippen molar-refractivity contribution in [2.45, 2.75) is 17.9 Å². The first-order valence-electron chi connectivity index (χ1n) is 12.7. The molecule has 6 heteroatoms. The molecule has 0 radical (unpaired) electrons. The van der Waals surface area contributed by atoms with Gasteiger partial charge in [0.2, 0.25) is 0 Å². The Labute approximate surface area is 238 Å². The van der Waals surface area contributed by atoms with E-state index in [-0.39, 0.29) is 5.56 Å². The van der Waals surface area contributed by atoms with Crippen LogP contribution < -0.4 is 5.56 Å². The molecule has 4 nitrogen and oxygen atoms in total. The van der Waals surface area contributed by atoms with Gasteiger partial charge in [-0.15, -0.1) is 0 Å². The topological polar surface area (TPSA) is 56.3 Å². The van der Waals surface area contributed by atoms with Crippen molar-refractivity contribution < 1.29 is 5.11 Å². The maximum absolute atomic E-state index is 13.6. The number of H-pyrrole nitrogens is 1. The van der Waals surface area contributed by atoms with E-state index in [1.807, 2.05) is 91.8 Å². The van der Waals surface area contributed by atoms with Crippen molar-refractivity contribution in [1.29, 1.82) is 0 Å². The van der Waals surface area contributed by atoms with Gasteiger partial charge in [-0.1, -0.05) is 83.2 Å². The fourth-order valence-corrected chi connectivity index (χ4v) is 5.40. The summed E-state index contributed by atoms with van der Waals surface area (Å²) in [6, 6.07) is 24.5. The highest BCUT2D eigenvalue weighted by Gasteiger charge is 2.44. The highest BCUT2D eigenvalue weighted by Crippen LogP contribution is 2.46. The number of pyridine rings is 1. The van der Waals surface area contributed by atoms with E-state index in [9.17, 15) is 9.90 Å². The number of halogens is 2. The lowest BCUT2D eigenvalue weighted by molar-refractivity contribution is 0.0665. The number of nitrogens with one attached hydrogen (secondary N) is 1. The van der Waals surface area contributed by atoms with Crippen LogP contribution in [0.5, 0.6) is 0 Å². The molecule has 1 heterocycles. The van der Waals surface area contributed by atoms with Crippen molar-refractivity contribution in [2.75, 3.05) is 20.6 Å². The molecule has 0 fully saturated rings. The number of nitrogens with zero attached hydrogens (tertiary/aromatic N) is 1. The van der Waals surface area contributed by atoms with Crippen LogP contribution in [0.2, 0.25) is 10.0 Å². The van der Waals surface area contributed by atoms with Gasteiger partial charge in [-0.05, 0) is 84.7 Å². The summed E-state index contributed by atoms with van der Waals surface area (Å²) in [6.07, 6.45) is 3.89. The van der Waals surface area contributed by atoms with Gasteiger partial charge in [0.1, 0.15) is 5.60 Å². The van der Waals surface area contributed by atoms with Crippen LogP contribution >= 0.6 is 23.2 Å². The molecule has 3 aromatic carbocycles. The summed E-state index contributed by atoms with van der Waals surface area (Å²) in [5, 5.41) is 14.1. The van der Waals surface area contributed by atoms with Gasteiger partial charge >= 0.3 is 0 Å². The van der Waals surface area contributed by atoms with Crippen LogP contribution in [0.1, 0.15) is 34.6 Å². The third-order valence-corrected chi connectivity index (χ3v) is 7.63. The normalized spacial score (nSPS) is 14.6. The summed E-state index contributed by atoms with van der Waals surface area (Å²) in [6.45, 7) is 0.576. The van der Waals surface area contributed by atoms with Crippen LogP contribution in [0.25, 0.3) is 22.8 Å². The third-order valence-electron chi connectivity index (χ3n) is 7.13. The van der Waals surface area contributed by atoms with Crippen LogP contribution in [0.4, 0.5) is 0 Å². The van der Waals surface area contributed by atoms with Gasteiger partial charge in [0.15, 0.2) is 0 Å². The van der Waals surface area contributed by atoms with Crippen LogP contribution in [0, 0.1) is 0 Å². The van der Waals surface area contributed by atoms with E-state index in [0.29, 0.717) is 34.1 Å². The molecular weight excluding hydrogens is 527 g/mol. The smallest absolute Gasteiger partial charge is 0.251 e. The fourth-order valence-electron chi connectivity index (χ4n) is 5.15. The van der Waals surface area contributed by atoms with Crippen LogP contribution in [0.15, 0.2) is 101 Å². The Morgan fingerprint density at radius 1 is 0.949 bits per heavy atom. The first kappa shape index (κ1) is 27.0. The third kappa shape index (κ3) is 5.59. The minimum atomic E-state index is -1.51. The molecule has 196 valence electrons. The number of aromatic nitrogens is 1. The van der Waals surface area contributed by atoms with Gasteiger partial charge < -0.3 is 15.0 Å². The number of fused-ring (bicyclic) bond motifs is 1. The van der Waals surface area contributed by atoms with Crippen molar-refractivity contribution in [1.82, 2.24) is 9.88 Å². The summed E-state index contributed by atoms with van der Waals surface area (Å²) < 4.78 is 0. The molecular formula is C33H28Cl2N2O2. The molecule has 1 aliphatic rings. The monoisotopic (exact) mass is 554 g/mol. The zero-order valence-corrected chi connectivity index (χ0v) is 23.2. The lowest BCUT2D eigenvalue weighted by atomic mass is 9.69. The standard InChI is InChI=1S/C33H28Cl2N2O2/c1-37(2)19-18-33(39,30-9-5-7-23-6-3-4-8-28(23)30)31(24-12-16-27(35)17-13-24)29-20-25(21-36-32(29)38)22-10-14-26(34)15-11-22/h3-4,6-8,10-17,20-21,31,39H,18-19H2,1-2H3,(H,36,38). The zero-order valence-electron chi connectivity index (χ0n) is 21.7. The Bertz CT molecular complexity index is 1660. The maximum atomic E-state index is 13.6. The second-order valence-electron chi connectivity index (χ2n) is 10.0. The average Bonchev–Trinajstić information content (AvgIpc) is 2.94. The Kier molecular flexibility index (Phi) is 7.79. The van der Waals surface area contributed by atoms with Crippen molar-refractivity contribution in [3.05, 3.63) is 139 Å². The molecule has 4 aromatic rings. The van der Waals surface area contributed by atoms with Gasteiger partial charge in [-0.2, -0.15) is 0 Å². The number of hydrogen-bond acceptors (Lipinski definition) is 3. The first-order valence-corrected chi connectivity index (χ1v) is 13.4. The molecule has 1 aliphatic carbocycles. The summed E-state index contributed by atoms with van der Waals surface area (Å²) in [5.74, 6) is -0.735.